The molecule has 2 aromatic carbocycles. The van der Waals surface area contributed by atoms with Gasteiger partial charge in [0.25, 0.3) is 0 Å². The van der Waals surface area contributed by atoms with E-state index in [0.29, 0.717) is 17.5 Å². The number of hydrogen-bond donors (Lipinski definition) is 2. The predicted octanol–water partition coefficient (Wildman–Crippen LogP) is 2.68. The summed E-state index contributed by atoms with van der Waals surface area (Å²) in [4.78, 5) is 12.1. The summed E-state index contributed by atoms with van der Waals surface area (Å²) in [6, 6.07) is 16.0. The van der Waals surface area contributed by atoms with Gasteiger partial charge in [-0.25, -0.2) is 4.68 Å². The van der Waals surface area contributed by atoms with E-state index in [2.05, 4.69) is 15.5 Å². The first-order valence-corrected chi connectivity index (χ1v) is 9.24. The Morgan fingerprint density at radius 1 is 1.04 bits per heavy atom. The van der Waals surface area contributed by atoms with Crippen molar-refractivity contribution in [3.63, 3.8) is 0 Å². The van der Waals surface area contributed by atoms with Gasteiger partial charge in [0, 0.05) is 12.1 Å². The molecule has 3 N–H and O–H groups in total. The van der Waals surface area contributed by atoms with Crippen molar-refractivity contribution in [2.24, 2.45) is 0 Å². The summed E-state index contributed by atoms with van der Waals surface area (Å²) < 4.78 is 1.42. The van der Waals surface area contributed by atoms with Crippen molar-refractivity contribution in [2.45, 2.75) is 25.5 Å². The van der Waals surface area contributed by atoms with Crippen LogP contribution in [0.25, 0.3) is 11.4 Å². The number of nitrogens with zero attached hydrogens (tertiary/aromatic N) is 3. The molecule has 0 bridgehead atoms. The van der Waals surface area contributed by atoms with Crippen LogP contribution in [0.2, 0.25) is 0 Å². The van der Waals surface area contributed by atoms with Gasteiger partial charge in [-0.1, -0.05) is 71.4 Å². The minimum Gasteiger partial charge on any atom is -0.351 e. The van der Waals surface area contributed by atoms with E-state index in [1.807, 2.05) is 62.4 Å². The molecule has 0 atom stereocenters. The monoisotopic (exact) mass is 367 g/mol. The second-order valence-electron chi connectivity index (χ2n) is 6.09. The van der Waals surface area contributed by atoms with Crippen LogP contribution in [0.15, 0.2) is 53.7 Å². The predicted molar refractivity (Wildman–Crippen MR) is 104 cm³/mol. The lowest BCUT2D eigenvalue weighted by molar-refractivity contribution is -0.118. The van der Waals surface area contributed by atoms with Crippen molar-refractivity contribution in [3.05, 3.63) is 65.2 Å². The van der Waals surface area contributed by atoms with E-state index in [4.69, 9.17) is 5.84 Å². The molecule has 26 heavy (non-hydrogen) atoms. The Balaban J connectivity index is 1.55. The summed E-state index contributed by atoms with van der Waals surface area (Å²) in [5.74, 6) is 6.81. The first kappa shape index (κ1) is 18.0. The summed E-state index contributed by atoms with van der Waals surface area (Å²) in [5, 5.41) is 11.6. The maximum atomic E-state index is 12.1. The zero-order valence-corrected chi connectivity index (χ0v) is 15.6. The number of nitrogens with two attached hydrogens (primary N) is 1. The van der Waals surface area contributed by atoms with Crippen molar-refractivity contribution in [1.29, 1.82) is 0 Å². The molecule has 134 valence electrons. The summed E-state index contributed by atoms with van der Waals surface area (Å²) in [6.45, 7) is 4.56. The number of nitrogen functional groups attached to an aromatic ring is 1. The topological polar surface area (TPSA) is 85.8 Å². The SMILES string of the molecule is Cc1ccc(CNC(=O)CSc2nnc(-c3ccc(C)cc3)n2N)cc1. The molecule has 6 nitrogen and oxygen atoms in total. The Labute approximate surface area is 156 Å². The minimum absolute atomic E-state index is 0.0736. The number of benzene rings is 2. The van der Waals surface area contributed by atoms with Crippen LogP contribution in [0.1, 0.15) is 16.7 Å². The molecule has 0 aliphatic heterocycles. The molecule has 1 heterocycles. The van der Waals surface area contributed by atoms with Gasteiger partial charge in [0.15, 0.2) is 5.82 Å². The van der Waals surface area contributed by atoms with E-state index in [-0.39, 0.29) is 11.7 Å². The molecule has 3 aromatic rings. The van der Waals surface area contributed by atoms with E-state index >= 15 is 0 Å². The van der Waals surface area contributed by atoms with Gasteiger partial charge >= 0.3 is 0 Å². The van der Waals surface area contributed by atoms with E-state index < -0.39 is 0 Å². The summed E-state index contributed by atoms with van der Waals surface area (Å²) >= 11 is 1.26. The molecule has 7 heteroatoms. The van der Waals surface area contributed by atoms with Gasteiger partial charge in [0.05, 0.1) is 5.75 Å². The average Bonchev–Trinajstić information content (AvgIpc) is 3.01. The molecule has 0 aliphatic carbocycles. The number of nitrogens with one attached hydrogen (secondary N) is 1. The number of aryl methyl sites for hydroxylation is 2. The lowest BCUT2D eigenvalue weighted by Crippen LogP contribution is -2.25. The van der Waals surface area contributed by atoms with Gasteiger partial charge in [-0.2, -0.15) is 0 Å². The third-order valence-electron chi connectivity index (χ3n) is 3.92. The zero-order valence-electron chi connectivity index (χ0n) is 14.8. The molecular formula is C19H21N5OS. The Morgan fingerprint density at radius 2 is 1.65 bits per heavy atom. The molecule has 0 saturated carbocycles. The second-order valence-corrected chi connectivity index (χ2v) is 7.04. The highest BCUT2D eigenvalue weighted by Gasteiger charge is 2.13. The molecule has 0 aliphatic rings. The fourth-order valence-electron chi connectivity index (χ4n) is 2.36. The molecule has 3 rings (SSSR count). The maximum Gasteiger partial charge on any atom is 0.230 e. The molecule has 0 radical (unpaired) electrons. The highest BCUT2D eigenvalue weighted by Crippen LogP contribution is 2.21. The maximum absolute atomic E-state index is 12.1. The second kappa shape index (κ2) is 8.05. The van der Waals surface area contributed by atoms with Crippen molar-refractivity contribution in [1.82, 2.24) is 20.2 Å². The highest BCUT2D eigenvalue weighted by molar-refractivity contribution is 7.99. The summed E-state index contributed by atoms with van der Waals surface area (Å²) in [7, 11) is 0. The van der Waals surface area contributed by atoms with Crippen molar-refractivity contribution < 1.29 is 4.79 Å². The normalized spacial score (nSPS) is 10.7. The largest absolute Gasteiger partial charge is 0.351 e. The third kappa shape index (κ3) is 4.43. The Bertz CT molecular complexity index is 887. The number of aromatic nitrogens is 3. The Morgan fingerprint density at radius 3 is 2.31 bits per heavy atom. The van der Waals surface area contributed by atoms with E-state index in [1.165, 1.54) is 22.0 Å². The van der Waals surface area contributed by atoms with Crippen LogP contribution in [0.4, 0.5) is 0 Å². The van der Waals surface area contributed by atoms with Crippen molar-refractivity contribution >= 4 is 17.7 Å². The van der Waals surface area contributed by atoms with Gasteiger partial charge in [-0.3, -0.25) is 4.79 Å². The van der Waals surface area contributed by atoms with Crippen LogP contribution < -0.4 is 11.2 Å². The fraction of sp³-hybridized carbons (Fsp3) is 0.211. The lowest BCUT2D eigenvalue weighted by Gasteiger charge is -2.06. The smallest absolute Gasteiger partial charge is 0.230 e. The number of amides is 1. The van der Waals surface area contributed by atoms with Crippen molar-refractivity contribution in [2.75, 3.05) is 11.6 Å². The number of carbonyl (C=O) groups excluding carboxylic acids is 1. The highest BCUT2D eigenvalue weighted by atomic mass is 32.2. The summed E-state index contributed by atoms with van der Waals surface area (Å²) in [6.07, 6.45) is 0. The number of hydrogen-bond acceptors (Lipinski definition) is 5. The summed E-state index contributed by atoms with van der Waals surface area (Å²) in [5.41, 5.74) is 4.32. The minimum atomic E-state index is -0.0736. The van der Waals surface area contributed by atoms with Crippen molar-refractivity contribution in [3.8, 4) is 11.4 Å². The Hall–Kier alpha value is -2.80. The van der Waals surface area contributed by atoms with Gasteiger partial charge in [-0.15, -0.1) is 10.2 Å². The number of thioether (sulfide) groups is 1. The third-order valence-corrected chi connectivity index (χ3v) is 4.86. The van der Waals surface area contributed by atoms with Gasteiger partial charge in [0.2, 0.25) is 11.1 Å². The van der Waals surface area contributed by atoms with Crippen LogP contribution >= 0.6 is 11.8 Å². The van der Waals surface area contributed by atoms with Gasteiger partial charge in [0.1, 0.15) is 0 Å². The quantitative estimate of drug-likeness (QED) is 0.517. The number of rotatable bonds is 6. The van der Waals surface area contributed by atoms with E-state index in [1.54, 1.807) is 0 Å². The standard InChI is InChI=1S/C19H21N5OS/c1-13-3-7-15(8-4-13)11-21-17(25)12-26-19-23-22-18(24(19)20)16-9-5-14(2)6-10-16/h3-10H,11-12,20H2,1-2H3,(H,21,25). The first-order chi connectivity index (χ1) is 12.5. The van der Waals surface area contributed by atoms with Crippen LogP contribution in [0.3, 0.4) is 0 Å². The molecule has 0 fully saturated rings. The molecule has 0 saturated heterocycles. The van der Waals surface area contributed by atoms with Gasteiger partial charge < -0.3 is 11.2 Å². The van der Waals surface area contributed by atoms with E-state index in [9.17, 15) is 4.79 Å². The van der Waals surface area contributed by atoms with Crippen LogP contribution in [0, 0.1) is 13.8 Å². The average molecular weight is 367 g/mol. The van der Waals surface area contributed by atoms with E-state index in [0.717, 1.165) is 16.7 Å². The zero-order chi connectivity index (χ0) is 18.5. The fourth-order valence-corrected chi connectivity index (χ4v) is 3.05. The Kier molecular flexibility index (Phi) is 5.58. The molecule has 0 unspecified atom stereocenters. The lowest BCUT2D eigenvalue weighted by atomic mass is 10.1. The molecule has 1 aromatic heterocycles. The number of carbonyl (C=O) groups is 1. The molecule has 1 amide bonds. The van der Waals surface area contributed by atoms with Gasteiger partial charge in [-0.05, 0) is 19.4 Å². The van der Waals surface area contributed by atoms with Crippen LogP contribution in [0.5, 0.6) is 0 Å². The molecular weight excluding hydrogens is 346 g/mol. The molecule has 0 spiro atoms. The van der Waals surface area contributed by atoms with Crippen LogP contribution in [-0.4, -0.2) is 26.5 Å². The van der Waals surface area contributed by atoms with Crippen LogP contribution in [-0.2, 0) is 11.3 Å². The first-order valence-electron chi connectivity index (χ1n) is 8.25.